The van der Waals surface area contributed by atoms with Crippen LogP contribution in [0.2, 0.25) is 5.02 Å². The summed E-state index contributed by atoms with van der Waals surface area (Å²) in [5, 5.41) is 12.2. The minimum Gasteiger partial charge on any atom is -0.480 e. The van der Waals surface area contributed by atoms with E-state index in [1.54, 1.807) is 12.1 Å². The van der Waals surface area contributed by atoms with Crippen LogP contribution in [0.4, 0.5) is 0 Å². The Morgan fingerprint density at radius 2 is 2.10 bits per heavy atom. The molecule has 0 bridgehead atoms. The number of rotatable bonds is 6. The number of amides is 1. The van der Waals surface area contributed by atoms with Crippen molar-refractivity contribution in [2.24, 2.45) is 0 Å². The van der Waals surface area contributed by atoms with Crippen LogP contribution in [0, 0.1) is 0 Å². The standard InChI is InChI=1S/C14H18ClNO3S/c1-4-7-14(2,13(18)19)16-12(17)10-8-9(20-3)5-6-11(10)15/h5-6,8H,4,7H2,1-3H3,(H,16,17)(H,18,19). The number of carboxylic acids is 1. The highest BCUT2D eigenvalue weighted by Gasteiger charge is 2.34. The molecule has 0 radical (unpaired) electrons. The van der Waals surface area contributed by atoms with E-state index in [2.05, 4.69) is 5.32 Å². The summed E-state index contributed by atoms with van der Waals surface area (Å²) in [6, 6.07) is 5.11. The van der Waals surface area contributed by atoms with Crippen molar-refractivity contribution in [3.63, 3.8) is 0 Å². The van der Waals surface area contributed by atoms with Gasteiger partial charge in [0, 0.05) is 4.90 Å². The lowest BCUT2D eigenvalue weighted by Gasteiger charge is -2.26. The van der Waals surface area contributed by atoms with Crippen molar-refractivity contribution >= 4 is 35.2 Å². The molecule has 1 rings (SSSR count). The number of nitrogens with one attached hydrogen (secondary N) is 1. The van der Waals surface area contributed by atoms with Crippen LogP contribution in [0.3, 0.4) is 0 Å². The first-order chi connectivity index (χ1) is 9.34. The van der Waals surface area contributed by atoms with Crippen LogP contribution in [0.5, 0.6) is 0 Å². The molecular weight excluding hydrogens is 298 g/mol. The normalized spacial score (nSPS) is 13.6. The Balaban J connectivity index is 3.03. The van der Waals surface area contributed by atoms with Crippen LogP contribution in [0.25, 0.3) is 0 Å². The largest absolute Gasteiger partial charge is 0.480 e. The number of carboxylic acid groups (broad SMARTS) is 1. The van der Waals surface area contributed by atoms with Gasteiger partial charge in [0.2, 0.25) is 0 Å². The number of carbonyl (C=O) groups is 2. The predicted octanol–water partition coefficient (Wildman–Crippen LogP) is 3.44. The van der Waals surface area contributed by atoms with Crippen molar-refractivity contribution < 1.29 is 14.7 Å². The van der Waals surface area contributed by atoms with E-state index in [1.807, 2.05) is 19.2 Å². The molecule has 0 heterocycles. The molecule has 0 saturated heterocycles. The monoisotopic (exact) mass is 315 g/mol. The van der Waals surface area contributed by atoms with E-state index in [-0.39, 0.29) is 0 Å². The Hall–Kier alpha value is -1.20. The van der Waals surface area contributed by atoms with E-state index >= 15 is 0 Å². The first-order valence-corrected chi connectivity index (χ1v) is 7.83. The van der Waals surface area contributed by atoms with Crippen molar-refractivity contribution in [1.29, 1.82) is 0 Å². The van der Waals surface area contributed by atoms with Gasteiger partial charge in [0.05, 0.1) is 10.6 Å². The Morgan fingerprint density at radius 1 is 1.45 bits per heavy atom. The molecule has 1 aromatic carbocycles. The quantitative estimate of drug-likeness (QED) is 0.789. The van der Waals surface area contributed by atoms with Gasteiger partial charge in [-0.25, -0.2) is 4.79 Å². The average molecular weight is 316 g/mol. The second kappa shape index (κ2) is 6.99. The highest BCUT2D eigenvalue weighted by atomic mass is 35.5. The fourth-order valence-corrected chi connectivity index (χ4v) is 2.49. The summed E-state index contributed by atoms with van der Waals surface area (Å²) in [4.78, 5) is 24.5. The SMILES string of the molecule is CCCC(C)(NC(=O)c1cc(SC)ccc1Cl)C(=O)O. The summed E-state index contributed by atoms with van der Waals surface area (Å²) < 4.78 is 0. The summed E-state index contributed by atoms with van der Waals surface area (Å²) in [7, 11) is 0. The van der Waals surface area contributed by atoms with Crippen LogP contribution in [-0.2, 0) is 4.79 Å². The zero-order valence-corrected chi connectivity index (χ0v) is 13.3. The Morgan fingerprint density at radius 3 is 2.60 bits per heavy atom. The molecule has 0 aliphatic heterocycles. The smallest absolute Gasteiger partial charge is 0.329 e. The number of carbonyl (C=O) groups excluding carboxylic acids is 1. The third-order valence-corrected chi connectivity index (χ3v) is 4.08. The Bertz CT molecular complexity index is 521. The maximum Gasteiger partial charge on any atom is 0.329 e. The van der Waals surface area contributed by atoms with Crippen LogP contribution in [0.15, 0.2) is 23.1 Å². The van der Waals surface area contributed by atoms with Crippen molar-refractivity contribution in [3.05, 3.63) is 28.8 Å². The first-order valence-electron chi connectivity index (χ1n) is 6.23. The summed E-state index contributed by atoms with van der Waals surface area (Å²) in [6.45, 7) is 3.37. The number of halogens is 1. The van der Waals surface area contributed by atoms with Crippen molar-refractivity contribution in [1.82, 2.24) is 5.32 Å². The molecule has 4 nitrogen and oxygen atoms in total. The molecule has 6 heteroatoms. The molecule has 1 atom stereocenters. The lowest BCUT2D eigenvalue weighted by Crippen LogP contribution is -2.52. The number of aliphatic carboxylic acids is 1. The lowest BCUT2D eigenvalue weighted by atomic mass is 9.95. The number of hydrogen-bond donors (Lipinski definition) is 2. The van der Waals surface area contributed by atoms with E-state index in [0.717, 1.165) is 4.90 Å². The zero-order chi connectivity index (χ0) is 15.3. The van der Waals surface area contributed by atoms with Crippen LogP contribution < -0.4 is 5.32 Å². The molecule has 0 fully saturated rings. The maximum absolute atomic E-state index is 12.3. The van der Waals surface area contributed by atoms with Gasteiger partial charge in [-0.05, 0) is 37.8 Å². The molecule has 0 spiro atoms. The minimum absolute atomic E-state index is 0.294. The van der Waals surface area contributed by atoms with E-state index in [4.69, 9.17) is 11.6 Å². The molecule has 0 saturated carbocycles. The number of thioether (sulfide) groups is 1. The first kappa shape index (κ1) is 16.9. The van der Waals surface area contributed by atoms with Gasteiger partial charge < -0.3 is 10.4 Å². The van der Waals surface area contributed by atoms with Gasteiger partial charge in [-0.15, -0.1) is 11.8 Å². The van der Waals surface area contributed by atoms with Gasteiger partial charge in [-0.2, -0.15) is 0 Å². The molecule has 20 heavy (non-hydrogen) atoms. The highest BCUT2D eigenvalue weighted by Crippen LogP contribution is 2.24. The Labute approximate surface area is 127 Å². The van der Waals surface area contributed by atoms with Gasteiger partial charge in [0.25, 0.3) is 5.91 Å². The van der Waals surface area contributed by atoms with Crippen molar-refractivity contribution in [2.75, 3.05) is 6.26 Å². The summed E-state index contributed by atoms with van der Waals surface area (Å²) in [5.41, 5.74) is -0.994. The second-order valence-electron chi connectivity index (χ2n) is 4.69. The average Bonchev–Trinajstić information content (AvgIpc) is 2.39. The summed E-state index contributed by atoms with van der Waals surface area (Å²) in [5.74, 6) is -1.52. The Kier molecular flexibility index (Phi) is 5.89. The van der Waals surface area contributed by atoms with E-state index in [1.165, 1.54) is 18.7 Å². The van der Waals surface area contributed by atoms with Gasteiger partial charge in [0.1, 0.15) is 5.54 Å². The molecule has 0 aliphatic rings. The van der Waals surface area contributed by atoms with Crippen LogP contribution >= 0.6 is 23.4 Å². The maximum atomic E-state index is 12.3. The molecule has 110 valence electrons. The molecule has 2 N–H and O–H groups in total. The van der Waals surface area contributed by atoms with E-state index < -0.39 is 17.4 Å². The molecule has 0 aliphatic carbocycles. The number of hydrogen-bond acceptors (Lipinski definition) is 3. The zero-order valence-electron chi connectivity index (χ0n) is 11.7. The summed E-state index contributed by atoms with van der Waals surface area (Å²) >= 11 is 7.50. The molecular formula is C14H18ClNO3S. The van der Waals surface area contributed by atoms with E-state index in [9.17, 15) is 14.7 Å². The third-order valence-electron chi connectivity index (χ3n) is 3.03. The minimum atomic E-state index is -1.29. The van der Waals surface area contributed by atoms with Crippen molar-refractivity contribution in [3.8, 4) is 0 Å². The van der Waals surface area contributed by atoms with Gasteiger partial charge >= 0.3 is 5.97 Å². The highest BCUT2D eigenvalue weighted by molar-refractivity contribution is 7.98. The topological polar surface area (TPSA) is 66.4 Å². The molecule has 1 amide bonds. The fourth-order valence-electron chi connectivity index (χ4n) is 1.85. The van der Waals surface area contributed by atoms with Crippen LogP contribution in [-0.4, -0.2) is 28.8 Å². The van der Waals surface area contributed by atoms with Crippen LogP contribution in [0.1, 0.15) is 37.0 Å². The number of benzene rings is 1. The van der Waals surface area contributed by atoms with Crippen molar-refractivity contribution in [2.45, 2.75) is 37.1 Å². The lowest BCUT2D eigenvalue weighted by molar-refractivity contribution is -0.144. The van der Waals surface area contributed by atoms with Gasteiger partial charge in [-0.3, -0.25) is 4.79 Å². The predicted molar refractivity (Wildman–Crippen MR) is 81.6 cm³/mol. The molecule has 1 unspecified atom stereocenters. The van der Waals surface area contributed by atoms with Gasteiger partial charge in [0.15, 0.2) is 0 Å². The third kappa shape index (κ3) is 3.90. The van der Waals surface area contributed by atoms with E-state index in [0.29, 0.717) is 23.4 Å². The van der Waals surface area contributed by atoms with Gasteiger partial charge in [-0.1, -0.05) is 24.9 Å². The summed E-state index contributed by atoms with van der Waals surface area (Å²) in [6.07, 6.45) is 2.90. The molecule has 0 aromatic heterocycles. The fraction of sp³-hybridized carbons (Fsp3) is 0.429. The molecule has 1 aromatic rings. The second-order valence-corrected chi connectivity index (χ2v) is 5.97.